The largest absolute Gasteiger partial charge is 0.350 e. The number of fused-ring (bicyclic) bond motifs is 1. The Morgan fingerprint density at radius 3 is 2.96 bits per heavy atom. The Kier molecular flexibility index (Phi) is 3.54. The molecule has 8 heteroatoms. The van der Waals surface area contributed by atoms with Crippen molar-refractivity contribution in [2.45, 2.75) is 56.7 Å². The molecular formula is C16H21N5O3. The van der Waals surface area contributed by atoms with E-state index >= 15 is 0 Å². The molecule has 1 aromatic heterocycles. The second kappa shape index (κ2) is 5.61. The lowest BCUT2D eigenvalue weighted by atomic mass is 9.98. The van der Waals surface area contributed by atoms with Crippen LogP contribution in [0.15, 0.2) is 12.4 Å². The second-order valence-corrected chi connectivity index (χ2v) is 6.91. The van der Waals surface area contributed by atoms with E-state index in [1.807, 2.05) is 10.8 Å². The van der Waals surface area contributed by atoms with Crippen LogP contribution < -0.4 is 10.6 Å². The zero-order valence-corrected chi connectivity index (χ0v) is 13.5. The molecule has 24 heavy (non-hydrogen) atoms. The molecular weight excluding hydrogens is 310 g/mol. The quantitative estimate of drug-likeness (QED) is 0.772. The van der Waals surface area contributed by atoms with Crippen LogP contribution in [0.2, 0.25) is 0 Å². The van der Waals surface area contributed by atoms with Gasteiger partial charge in [-0.15, -0.1) is 0 Å². The summed E-state index contributed by atoms with van der Waals surface area (Å²) in [5.74, 6) is 0.487. The van der Waals surface area contributed by atoms with E-state index in [-0.39, 0.29) is 24.4 Å². The molecule has 0 radical (unpaired) electrons. The van der Waals surface area contributed by atoms with Gasteiger partial charge in [-0.3, -0.25) is 14.5 Å². The van der Waals surface area contributed by atoms with E-state index in [0.717, 1.165) is 36.4 Å². The maximum atomic E-state index is 12.5. The lowest BCUT2D eigenvalue weighted by molar-refractivity contribution is -0.135. The molecule has 2 N–H and O–H groups in total. The van der Waals surface area contributed by atoms with E-state index in [1.165, 1.54) is 0 Å². The lowest BCUT2D eigenvalue weighted by Gasteiger charge is -2.25. The average Bonchev–Trinajstić information content (AvgIpc) is 3.25. The molecule has 1 aliphatic carbocycles. The Morgan fingerprint density at radius 1 is 1.38 bits per heavy atom. The Balaban J connectivity index is 1.36. The van der Waals surface area contributed by atoms with E-state index in [1.54, 1.807) is 6.20 Å². The number of nitrogens with one attached hydrogen (secondary N) is 2. The van der Waals surface area contributed by atoms with E-state index in [9.17, 15) is 14.4 Å². The summed E-state index contributed by atoms with van der Waals surface area (Å²) >= 11 is 0. The molecule has 2 aliphatic heterocycles. The highest BCUT2D eigenvalue weighted by atomic mass is 16.2. The molecule has 0 bridgehead atoms. The average molecular weight is 331 g/mol. The van der Waals surface area contributed by atoms with Crippen LogP contribution in [0.1, 0.15) is 37.9 Å². The van der Waals surface area contributed by atoms with Crippen LogP contribution in [-0.4, -0.2) is 50.4 Å². The van der Waals surface area contributed by atoms with Crippen LogP contribution in [0.5, 0.6) is 0 Å². The molecule has 1 atom stereocenters. The Labute approximate surface area is 139 Å². The number of hydrogen-bond donors (Lipinski definition) is 2. The van der Waals surface area contributed by atoms with Crippen molar-refractivity contribution in [3.63, 3.8) is 0 Å². The molecule has 2 fully saturated rings. The number of imidazole rings is 1. The summed E-state index contributed by atoms with van der Waals surface area (Å²) in [5, 5.41) is 5.73. The molecule has 0 aromatic carbocycles. The van der Waals surface area contributed by atoms with Gasteiger partial charge in [0, 0.05) is 31.4 Å². The number of aryl methyl sites for hydroxylation is 1. The van der Waals surface area contributed by atoms with E-state index in [0.29, 0.717) is 19.4 Å². The lowest BCUT2D eigenvalue weighted by Crippen LogP contribution is -2.48. The summed E-state index contributed by atoms with van der Waals surface area (Å²) in [6, 6.07) is -0.446. The van der Waals surface area contributed by atoms with Gasteiger partial charge in [-0.25, -0.2) is 9.78 Å². The molecule has 128 valence electrons. The molecule has 3 heterocycles. The van der Waals surface area contributed by atoms with Gasteiger partial charge in [0.15, 0.2) is 0 Å². The van der Waals surface area contributed by atoms with Gasteiger partial charge in [0.25, 0.3) is 5.91 Å². The van der Waals surface area contributed by atoms with Crippen LogP contribution in [0.25, 0.3) is 0 Å². The third kappa shape index (κ3) is 2.46. The highest BCUT2D eigenvalue weighted by Gasteiger charge is 2.52. The summed E-state index contributed by atoms with van der Waals surface area (Å²) in [7, 11) is 0. The van der Waals surface area contributed by atoms with Gasteiger partial charge in [0.05, 0.1) is 0 Å². The van der Waals surface area contributed by atoms with Crippen molar-refractivity contribution >= 4 is 17.8 Å². The minimum absolute atomic E-state index is 0.000377. The van der Waals surface area contributed by atoms with Crippen LogP contribution in [0.3, 0.4) is 0 Å². The number of amides is 4. The Morgan fingerprint density at radius 2 is 2.17 bits per heavy atom. The van der Waals surface area contributed by atoms with Gasteiger partial charge < -0.3 is 15.2 Å². The fraction of sp³-hybridized carbons (Fsp3) is 0.625. The van der Waals surface area contributed by atoms with E-state index < -0.39 is 11.6 Å². The minimum Gasteiger partial charge on any atom is -0.350 e. The fourth-order valence-corrected chi connectivity index (χ4v) is 4.04. The first-order valence-corrected chi connectivity index (χ1v) is 8.51. The third-order valence-electron chi connectivity index (χ3n) is 5.31. The number of hydrogen-bond acceptors (Lipinski definition) is 4. The van der Waals surface area contributed by atoms with Crippen molar-refractivity contribution in [2.24, 2.45) is 0 Å². The standard InChI is InChI=1S/C16H21N5O3/c22-13(18-11-3-4-12-17-7-8-20(12)9-11)10-21-14(23)16(19-15(21)24)5-1-2-6-16/h7-8,11H,1-6,9-10H2,(H,18,22)(H,19,24). The fourth-order valence-electron chi connectivity index (χ4n) is 4.04. The monoisotopic (exact) mass is 331 g/mol. The third-order valence-corrected chi connectivity index (χ3v) is 5.31. The Bertz CT molecular complexity index is 692. The topological polar surface area (TPSA) is 96.3 Å². The molecule has 1 saturated carbocycles. The van der Waals surface area contributed by atoms with E-state index in [4.69, 9.17) is 0 Å². The van der Waals surface area contributed by atoms with Crippen LogP contribution in [0, 0.1) is 0 Å². The van der Waals surface area contributed by atoms with Crippen molar-refractivity contribution in [2.75, 3.05) is 6.54 Å². The zero-order chi connectivity index (χ0) is 16.7. The highest BCUT2D eigenvalue weighted by Crippen LogP contribution is 2.34. The number of imide groups is 1. The van der Waals surface area contributed by atoms with Gasteiger partial charge in [0.2, 0.25) is 5.91 Å². The van der Waals surface area contributed by atoms with E-state index in [2.05, 4.69) is 15.6 Å². The zero-order valence-electron chi connectivity index (χ0n) is 13.5. The molecule has 8 nitrogen and oxygen atoms in total. The number of rotatable bonds is 3. The molecule has 1 spiro atoms. The number of aromatic nitrogens is 2. The predicted octanol–water partition coefficient (Wildman–Crippen LogP) is 0.179. The maximum Gasteiger partial charge on any atom is 0.325 e. The summed E-state index contributed by atoms with van der Waals surface area (Å²) < 4.78 is 2.02. The van der Waals surface area contributed by atoms with Crippen LogP contribution in [0.4, 0.5) is 4.79 Å². The van der Waals surface area contributed by atoms with Crippen molar-refractivity contribution < 1.29 is 14.4 Å². The van der Waals surface area contributed by atoms with Gasteiger partial charge in [0.1, 0.15) is 17.9 Å². The second-order valence-electron chi connectivity index (χ2n) is 6.91. The van der Waals surface area contributed by atoms with Crippen LogP contribution in [-0.2, 0) is 22.6 Å². The minimum atomic E-state index is -0.756. The summed E-state index contributed by atoms with van der Waals surface area (Å²) in [6.45, 7) is 0.463. The van der Waals surface area contributed by atoms with Gasteiger partial charge in [-0.05, 0) is 19.3 Å². The van der Waals surface area contributed by atoms with Crippen molar-refractivity contribution in [1.82, 2.24) is 25.1 Å². The number of carbonyl (C=O) groups excluding carboxylic acids is 3. The molecule has 1 unspecified atom stereocenters. The SMILES string of the molecule is O=C(CN1C(=O)NC2(CCCC2)C1=O)NC1CCc2nccn2C1. The van der Waals surface area contributed by atoms with Crippen molar-refractivity contribution in [3.05, 3.63) is 18.2 Å². The first kappa shape index (κ1) is 15.2. The summed E-state index contributed by atoms with van der Waals surface area (Å²) in [6.07, 6.45) is 8.48. The maximum absolute atomic E-state index is 12.5. The first-order valence-electron chi connectivity index (χ1n) is 8.51. The molecule has 1 saturated heterocycles. The van der Waals surface area contributed by atoms with Crippen LogP contribution >= 0.6 is 0 Å². The van der Waals surface area contributed by atoms with Crippen molar-refractivity contribution in [1.29, 1.82) is 0 Å². The number of carbonyl (C=O) groups is 3. The highest BCUT2D eigenvalue weighted by molar-refractivity contribution is 6.09. The Hall–Kier alpha value is -2.38. The van der Waals surface area contributed by atoms with Gasteiger partial charge >= 0.3 is 6.03 Å². The summed E-state index contributed by atoms with van der Waals surface area (Å²) in [5.41, 5.74) is -0.756. The summed E-state index contributed by atoms with van der Waals surface area (Å²) in [4.78, 5) is 42.3. The van der Waals surface area contributed by atoms with Gasteiger partial charge in [-0.2, -0.15) is 0 Å². The van der Waals surface area contributed by atoms with Crippen molar-refractivity contribution in [3.8, 4) is 0 Å². The normalized spacial score (nSPS) is 25.0. The molecule has 1 aromatic rings. The smallest absolute Gasteiger partial charge is 0.325 e. The number of urea groups is 1. The number of nitrogens with zero attached hydrogens (tertiary/aromatic N) is 3. The molecule has 3 aliphatic rings. The first-order chi connectivity index (χ1) is 11.6. The molecule has 4 amide bonds. The molecule has 4 rings (SSSR count). The van der Waals surface area contributed by atoms with Gasteiger partial charge in [-0.1, -0.05) is 12.8 Å². The predicted molar refractivity (Wildman–Crippen MR) is 83.9 cm³/mol.